The van der Waals surface area contributed by atoms with Crippen LogP contribution in [0.2, 0.25) is 0 Å². The van der Waals surface area contributed by atoms with E-state index >= 15 is 0 Å². The number of hydrogen-bond acceptors (Lipinski definition) is 3. The second kappa shape index (κ2) is 4.61. The minimum Gasteiger partial charge on any atom is -0.480 e. The number of carbonyl (C=O) groups is 1. The number of carboxylic acid groups (broad SMARTS) is 1. The molecule has 0 saturated heterocycles. The van der Waals surface area contributed by atoms with Gasteiger partial charge in [-0.15, -0.1) is 0 Å². The molecule has 1 aliphatic carbocycles. The van der Waals surface area contributed by atoms with E-state index in [-0.39, 0.29) is 6.04 Å². The molecule has 0 aliphatic heterocycles. The number of rotatable bonds is 5. The number of hydrogen-bond donors (Lipinski definition) is 1. The van der Waals surface area contributed by atoms with Crippen LogP contribution in [-0.4, -0.2) is 34.0 Å². The fourth-order valence-corrected chi connectivity index (χ4v) is 2.04. The van der Waals surface area contributed by atoms with Gasteiger partial charge in [-0.2, -0.15) is 0 Å². The predicted molar refractivity (Wildman–Crippen MR) is 59.9 cm³/mol. The minimum absolute atomic E-state index is 0.333. The van der Waals surface area contributed by atoms with E-state index in [1.165, 1.54) is 0 Å². The summed E-state index contributed by atoms with van der Waals surface area (Å²) in [5.41, 5.74) is 1.05. The first kappa shape index (κ1) is 11.1. The van der Waals surface area contributed by atoms with Crippen molar-refractivity contribution in [3.63, 3.8) is 0 Å². The second-order valence-electron chi connectivity index (χ2n) is 4.40. The largest absolute Gasteiger partial charge is 0.480 e. The van der Waals surface area contributed by atoms with Crippen molar-refractivity contribution in [2.45, 2.75) is 25.4 Å². The molecule has 86 valence electrons. The lowest BCUT2D eigenvalue weighted by molar-refractivity contribution is -0.143. The Morgan fingerprint density at radius 3 is 2.94 bits per heavy atom. The summed E-state index contributed by atoms with van der Waals surface area (Å²) in [6.07, 6.45) is 5.57. The van der Waals surface area contributed by atoms with Crippen LogP contribution in [0, 0.1) is 5.92 Å². The fraction of sp³-hybridized carbons (Fsp3) is 0.500. The van der Waals surface area contributed by atoms with Crippen molar-refractivity contribution in [2.24, 2.45) is 5.92 Å². The molecular weight excluding hydrogens is 204 g/mol. The zero-order valence-electron chi connectivity index (χ0n) is 9.34. The van der Waals surface area contributed by atoms with Gasteiger partial charge < -0.3 is 5.11 Å². The molecule has 0 spiro atoms. The standard InChI is InChI=1S/C12H16N2O2/c1-14(8-9-3-2-6-13-7-9)11(12(15)16)10-4-5-10/h2-3,6-7,10-11H,4-5,8H2,1H3,(H,15,16). The zero-order valence-corrected chi connectivity index (χ0v) is 9.34. The summed E-state index contributed by atoms with van der Waals surface area (Å²) < 4.78 is 0. The molecule has 1 unspecified atom stereocenters. The molecule has 0 amide bonds. The van der Waals surface area contributed by atoms with Gasteiger partial charge in [0, 0.05) is 18.9 Å². The van der Waals surface area contributed by atoms with Crippen LogP contribution in [0.3, 0.4) is 0 Å². The first-order valence-electron chi connectivity index (χ1n) is 5.50. The van der Waals surface area contributed by atoms with Crippen molar-refractivity contribution in [3.05, 3.63) is 30.1 Å². The van der Waals surface area contributed by atoms with E-state index in [0.29, 0.717) is 12.5 Å². The fourth-order valence-electron chi connectivity index (χ4n) is 2.04. The van der Waals surface area contributed by atoms with Crippen LogP contribution >= 0.6 is 0 Å². The van der Waals surface area contributed by atoms with Gasteiger partial charge in [-0.25, -0.2) is 0 Å². The highest BCUT2D eigenvalue weighted by Gasteiger charge is 2.38. The van der Waals surface area contributed by atoms with Crippen molar-refractivity contribution in [2.75, 3.05) is 7.05 Å². The molecule has 16 heavy (non-hydrogen) atoms. The van der Waals surface area contributed by atoms with E-state index in [2.05, 4.69) is 4.98 Å². The van der Waals surface area contributed by atoms with E-state index in [1.807, 2.05) is 24.1 Å². The number of carboxylic acids is 1. The summed E-state index contributed by atoms with van der Waals surface area (Å²) in [7, 11) is 1.87. The average Bonchev–Trinajstić information content (AvgIpc) is 3.03. The number of nitrogens with zero attached hydrogens (tertiary/aromatic N) is 2. The van der Waals surface area contributed by atoms with Gasteiger partial charge in [0.2, 0.25) is 0 Å². The summed E-state index contributed by atoms with van der Waals surface area (Å²) in [4.78, 5) is 17.1. The Morgan fingerprint density at radius 2 is 2.44 bits per heavy atom. The molecule has 1 saturated carbocycles. The highest BCUT2D eigenvalue weighted by molar-refractivity contribution is 5.74. The zero-order chi connectivity index (χ0) is 11.5. The molecular formula is C12H16N2O2. The first-order valence-corrected chi connectivity index (χ1v) is 5.50. The number of aliphatic carboxylic acids is 1. The van der Waals surface area contributed by atoms with E-state index in [0.717, 1.165) is 18.4 Å². The Kier molecular flexibility index (Phi) is 3.19. The molecule has 0 radical (unpaired) electrons. The van der Waals surface area contributed by atoms with Gasteiger partial charge in [0.15, 0.2) is 0 Å². The molecule has 1 aromatic heterocycles. The average molecular weight is 220 g/mol. The Hall–Kier alpha value is -1.42. The second-order valence-corrected chi connectivity index (χ2v) is 4.40. The molecule has 1 N–H and O–H groups in total. The smallest absolute Gasteiger partial charge is 0.321 e. The van der Waals surface area contributed by atoms with Gasteiger partial charge >= 0.3 is 5.97 Å². The lowest BCUT2D eigenvalue weighted by atomic mass is 10.1. The SMILES string of the molecule is CN(Cc1cccnc1)C(C(=O)O)C1CC1. The molecule has 4 nitrogen and oxygen atoms in total. The molecule has 2 rings (SSSR count). The van der Waals surface area contributed by atoms with Crippen LogP contribution in [0.1, 0.15) is 18.4 Å². The molecule has 1 aliphatic rings. The van der Waals surface area contributed by atoms with Gasteiger partial charge in [0.25, 0.3) is 0 Å². The van der Waals surface area contributed by atoms with Crippen molar-refractivity contribution in [1.82, 2.24) is 9.88 Å². The van der Waals surface area contributed by atoms with Crippen LogP contribution in [0.4, 0.5) is 0 Å². The van der Waals surface area contributed by atoms with E-state index in [4.69, 9.17) is 0 Å². The van der Waals surface area contributed by atoms with Gasteiger partial charge in [-0.05, 0) is 37.4 Å². The monoisotopic (exact) mass is 220 g/mol. The third kappa shape index (κ3) is 2.58. The Morgan fingerprint density at radius 1 is 1.69 bits per heavy atom. The van der Waals surface area contributed by atoms with Crippen LogP contribution in [-0.2, 0) is 11.3 Å². The normalized spacial score (nSPS) is 17.4. The number of likely N-dealkylation sites (N-methyl/N-ethyl adjacent to an activating group) is 1. The highest BCUT2D eigenvalue weighted by Crippen LogP contribution is 2.35. The summed E-state index contributed by atoms with van der Waals surface area (Å²) in [5, 5.41) is 9.17. The quantitative estimate of drug-likeness (QED) is 0.814. The molecule has 1 heterocycles. The van der Waals surface area contributed by atoms with Crippen LogP contribution in [0.5, 0.6) is 0 Å². The van der Waals surface area contributed by atoms with E-state index < -0.39 is 5.97 Å². The minimum atomic E-state index is -0.714. The van der Waals surface area contributed by atoms with E-state index in [9.17, 15) is 9.90 Å². The van der Waals surface area contributed by atoms with Gasteiger partial charge in [-0.1, -0.05) is 6.07 Å². The van der Waals surface area contributed by atoms with Crippen LogP contribution in [0.15, 0.2) is 24.5 Å². The third-order valence-electron chi connectivity index (χ3n) is 2.95. The van der Waals surface area contributed by atoms with E-state index in [1.54, 1.807) is 12.4 Å². The first-order chi connectivity index (χ1) is 7.68. The van der Waals surface area contributed by atoms with Crippen molar-refractivity contribution in [3.8, 4) is 0 Å². The van der Waals surface area contributed by atoms with Crippen molar-refractivity contribution < 1.29 is 9.90 Å². The maximum absolute atomic E-state index is 11.2. The number of pyridine rings is 1. The highest BCUT2D eigenvalue weighted by atomic mass is 16.4. The van der Waals surface area contributed by atoms with Gasteiger partial charge in [-0.3, -0.25) is 14.7 Å². The molecule has 1 fully saturated rings. The van der Waals surface area contributed by atoms with Crippen LogP contribution < -0.4 is 0 Å². The Bertz CT molecular complexity index is 363. The van der Waals surface area contributed by atoms with Crippen LogP contribution in [0.25, 0.3) is 0 Å². The predicted octanol–water partition coefficient (Wildman–Crippen LogP) is 1.38. The topological polar surface area (TPSA) is 53.4 Å². The summed E-state index contributed by atoms with van der Waals surface area (Å²) in [6, 6.07) is 3.49. The lowest BCUT2D eigenvalue weighted by Crippen LogP contribution is -2.39. The molecule has 0 aromatic carbocycles. The molecule has 1 atom stereocenters. The Labute approximate surface area is 94.9 Å². The van der Waals surface area contributed by atoms with Crippen molar-refractivity contribution >= 4 is 5.97 Å². The Balaban J connectivity index is 2.00. The summed E-state index contributed by atoms with van der Waals surface area (Å²) >= 11 is 0. The molecule has 4 heteroatoms. The number of aromatic nitrogens is 1. The maximum Gasteiger partial charge on any atom is 0.321 e. The van der Waals surface area contributed by atoms with Gasteiger partial charge in [0.1, 0.15) is 6.04 Å². The van der Waals surface area contributed by atoms with Crippen molar-refractivity contribution in [1.29, 1.82) is 0 Å². The lowest BCUT2D eigenvalue weighted by Gasteiger charge is -2.24. The molecule has 1 aromatic rings. The summed E-state index contributed by atoms with van der Waals surface area (Å²) in [6.45, 7) is 0.640. The van der Waals surface area contributed by atoms with Gasteiger partial charge in [0.05, 0.1) is 0 Å². The summed E-state index contributed by atoms with van der Waals surface area (Å²) in [5.74, 6) is -0.381. The maximum atomic E-state index is 11.2. The molecule has 0 bridgehead atoms. The third-order valence-corrected chi connectivity index (χ3v) is 2.95.